The van der Waals surface area contributed by atoms with Crippen LogP contribution in [0.3, 0.4) is 0 Å². The van der Waals surface area contributed by atoms with Gasteiger partial charge in [-0.2, -0.15) is 10.5 Å². The van der Waals surface area contributed by atoms with Gasteiger partial charge in [-0.3, -0.25) is 0 Å². The lowest BCUT2D eigenvalue weighted by Crippen LogP contribution is -2.38. The van der Waals surface area contributed by atoms with Gasteiger partial charge in [0.1, 0.15) is 11.3 Å². The van der Waals surface area contributed by atoms with Crippen LogP contribution in [-0.2, 0) is 9.47 Å². The summed E-state index contributed by atoms with van der Waals surface area (Å²) in [6.07, 6.45) is 0. The predicted molar refractivity (Wildman–Crippen MR) is 51.5 cm³/mol. The average molecular weight is 218 g/mol. The molecule has 1 spiro atoms. The molecule has 0 bridgehead atoms. The summed E-state index contributed by atoms with van der Waals surface area (Å²) in [5, 5.41) is 18.7. The van der Waals surface area contributed by atoms with Crippen molar-refractivity contribution in [2.45, 2.75) is 12.8 Å². The molecule has 6 nitrogen and oxygen atoms in total. The van der Waals surface area contributed by atoms with Crippen molar-refractivity contribution in [3.8, 4) is 12.1 Å². The van der Waals surface area contributed by atoms with Crippen molar-refractivity contribution in [3.05, 3.63) is 0 Å². The minimum atomic E-state index is -1.35. The summed E-state index contributed by atoms with van der Waals surface area (Å²) in [7, 11) is 0. The second kappa shape index (κ2) is 2.37. The van der Waals surface area contributed by atoms with Crippen molar-refractivity contribution < 1.29 is 9.47 Å². The third-order valence-electron chi connectivity index (χ3n) is 4.04. The number of amidine groups is 1. The molecule has 2 fully saturated rings. The summed E-state index contributed by atoms with van der Waals surface area (Å²) in [5.41, 5.74) is 3.68. The molecule has 0 aromatic rings. The molecule has 3 atom stereocenters. The van der Waals surface area contributed by atoms with E-state index in [1.54, 1.807) is 6.92 Å². The van der Waals surface area contributed by atoms with Crippen LogP contribution in [0.25, 0.3) is 0 Å². The van der Waals surface area contributed by atoms with E-state index in [9.17, 15) is 10.5 Å². The summed E-state index contributed by atoms with van der Waals surface area (Å²) in [6.45, 7) is 2.55. The molecule has 0 aromatic heterocycles. The summed E-state index contributed by atoms with van der Waals surface area (Å²) in [5.74, 6) is -1.40. The molecule has 82 valence electrons. The first-order valence-corrected chi connectivity index (χ1v) is 5.07. The van der Waals surface area contributed by atoms with E-state index in [0.717, 1.165) is 0 Å². The molecule has 1 saturated carbocycles. The second-order valence-electron chi connectivity index (χ2n) is 4.34. The number of nitrogens with two attached hydrogens (primary N) is 1. The van der Waals surface area contributed by atoms with E-state index >= 15 is 0 Å². The Hall–Kier alpha value is -1.63. The minimum absolute atomic E-state index is 0.158. The summed E-state index contributed by atoms with van der Waals surface area (Å²) >= 11 is 0. The van der Waals surface area contributed by atoms with Gasteiger partial charge in [-0.25, -0.2) is 4.99 Å². The first kappa shape index (κ1) is 9.59. The topological polar surface area (TPSA) is 104 Å². The molecular formula is C10H10N4O2. The number of nitrogens with zero attached hydrogens (tertiary/aromatic N) is 3. The lowest BCUT2D eigenvalue weighted by Gasteiger charge is -2.24. The smallest absolute Gasteiger partial charge is 0.293 e. The van der Waals surface area contributed by atoms with Crippen LogP contribution in [-0.4, -0.2) is 25.0 Å². The molecule has 0 radical (unpaired) electrons. The van der Waals surface area contributed by atoms with Gasteiger partial charge >= 0.3 is 0 Å². The molecule has 3 aliphatic rings. The number of nitriles is 2. The molecule has 2 heterocycles. The van der Waals surface area contributed by atoms with Crippen LogP contribution in [0.4, 0.5) is 0 Å². The Kier molecular flexibility index (Phi) is 1.42. The van der Waals surface area contributed by atoms with Crippen LogP contribution >= 0.6 is 0 Å². The van der Waals surface area contributed by atoms with Crippen LogP contribution in [0.2, 0.25) is 0 Å². The highest BCUT2D eigenvalue weighted by molar-refractivity contribution is 5.98. The van der Waals surface area contributed by atoms with Crippen molar-refractivity contribution in [2.75, 3.05) is 13.2 Å². The van der Waals surface area contributed by atoms with Crippen molar-refractivity contribution in [2.24, 2.45) is 27.5 Å². The molecule has 0 unspecified atom stereocenters. The summed E-state index contributed by atoms with van der Waals surface area (Å²) in [6, 6.07) is 4.27. The summed E-state index contributed by atoms with van der Waals surface area (Å²) < 4.78 is 10.9. The maximum atomic E-state index is 9.39. The van der Waals surface area contributed by atoms with Crippen LogP contribution in [0, 0.1) is 39.4 Å². The van der Waals surface area contributed by atoms with Crippen molar-refractivity contribution in [1.29, 1.82) is 10.5 Å². The molecule has 2 N–H and O–H groups in total. The Bertz CT molecular complexity index is 482. The van der Waals surface area contributed by atoms with Crippen molar-refractivity contribution in [1.82, 2.24) is 0 Å². The molecule has 6 heteroatoms. The highest BCUT2D eigenvalue weighted by Gasteiger charge is 2.92. The number of ether oxygens (including phenoxy) is 2. The molecule has 0 amide bonds. The monoisotopic (exact) mass is 218 g/mol. The fourth-order valence-corrected chi connectivity index (χ4v) is 3.13. The molecule has 16 heavy (non-hydrogen) atoms. The minimum Gasteiger partial charge on any atom is -0.386 e. The Labute approximate surface area is 92.3 Å². The molecule has 3 rings (SSSR count). The predicted octanol–water partition coefficient (Wildman–Crippen LogP) is -0.273. The number of aliphatic imine (C=N–C) groups is 1. The van der Waals surface area contributed by atoms with Gasteiger partial charge in [0.25, 0.3) is 5.91 Å². The van der Waals surface area contributed by atoms with Gasteiger partial charge in [0, 0.05) is 5.92 Å². The average Bonchev–Trinajstić information content (AvgIpc) is 2.61. The maximum Gasteiger partial charge on any atom is 0.293 e. The standard InChI is InChI=1S/C10H10N4O2/c1-6-8(4-11)7(13)14-10(9(6,8)5-12)15-2-3-16-10/h6H,2-3H2,1H3,(H2,13,14)/t6-,8-,9-/m1/s1. The van der Waals surface area contributed by atoms with Gasteiger partial charge in [-0.05, 0) is 0 Å². The lowest BCUT2D eigenvalue weighted by atomic mass is 9.94. The van der Waals surface area contributed by atoms with E-state index in [2.05, 4.69) is 17.1 Å². The van der Waals surface area contributed by atoms with Gasteiger partial charge in [0.2, 0.25) is 0 Å². The Balaban J connectivity index is 2.22. The third-order valence-corrected chi connectivity index (χ3v) is 4.04. The van der Waals surface area contributed by atoms with Crippen molar-refractivity contribution in [3.63, 3.8) is 0 Å². The van der Waals surface area contributed by atoms with Crippen molar-refractivity contribution >= 4 is 5.84 Å². The van der Waals surface area contributed by atoms with E-state index in [0.29, 0.717) is 13.2 Å². The molecular weight excluding hydrogens is 208 g/mol. The Morgan fingerprint density at radius 2 is 2.00 bits per heavy atom. The first-order valence-electron chi connectivity index (χ1n) is 5.07. The van der Waals surface area contributed by atoms with Gasteiger partial charge < -0.3 is 15.2 Å². The van der Waals surface area contributed by atoms with E-state index in [1.807, 2.05) is 0 Å². The van der Waals surface area contributed by atoms with Crippen LogP contribution in [0.15, 0.2) is 4.99 Å². The van der Waals surface area contributed by atoms with Crippen LogP contribution < -0.4 is 5.73 Å². The third kappa shape index (κ3) is 0.583. The number of hydrogen-bond acceptors (Lipinski definition) is 6. The van der Waals surface area contributed by atoms with E-state index < -0.39 is 16.7 Å². The highest BCUT2D eigenvalue weighted by Crippen LogP contribution is 2.78. The van der Waals surface area contributed by atoms with Gasteiger partial charge in [-0.1, -0.05) is 6.92 Å². The zero-order valence-corrected chi connectivity index (χ0v) is 8.73. The number of rotatable bonds is 0. The van der Waals surface area contributed by atoms with Gasteiger partial charge in [-0.15, -0.1) is 0 Å². The van der Waals surface area contributed by atoms with E-state index in [1.165, 1.54) is 0 Å². The highest BCUT2D eigenvalue weighted by atomic mass is 16.8. The van der Waals surface area contributed by atoms with Gasteiger partial charge in [0.15, 0.2) is 5.41 Å². The largest absolute Gasteiger partial charge is 0.386 e. The SMILES string of the molecule is C[C@@H]1[C@]2(C#N)C(N)=NC3(OCCO3)[C@]12C#N. The molecule has 0 aromatic carbocycles. The zero-order chi connectivity index (χ0) is 11.6. The maximum absolute atomic E-state index is 9.39. The van der Waals surface area contributed by atoms with E-state index in [-0.39, 0.29) is 11.8 Å². The zero-order valence-electron chi connectivity index (χ0n) is 8.73. The fraction of sp³-hybridized carbons (Fsp3) is 0.700. The van der Waals surface area contributed by atoms with E-state index in [4.69, 9.17) is 15.2 Å². The molecule has 1 aliphatic carbocycles. The number of hydrogen-bond donors (Lipinski definition) is 1. The lowest BCUT2D eigenvalue weighted by molar-refractivity contribution is -0.186. The quantitative estimate of drug-likeness (QED) is 0.602. The first-order chi connectivity index (χ1) is 7.61. The Morgan fingerprint density at radius 3 is 2.44 bits per heavy atom. The fourth-order valence-electron chi connectivity index (χ4n) is 3.13. The molecule has 2 aliphatic heterocycles. The summed E-state index contributed by atoms with van der Waals surface area (Å²) in [4.78, 5) is 4.09. The second-order valence-corrected chi connectivity index (χ2v) is 4.34. The van der Waals surface area contributed by atoms with Crippen LogP contribution in [0.1, 0.15) is 6.92 Å². The number of fused-ring (bicyclic) bond motifs is 2. The molecule has 1 saturated heterocycles. The Morgan fingerprint density at radius 1 is 1.38 bits per heavy atom. The van der Waals surface area contributed by atoms with Crippen LogP contribution in [0.5, 0.6) is 0 Å². The normalized spacial score (nSPS) is 46.9. The van der Waals surface area contributed by atoms with Gasteiger partial charge in [0.05, 0.1) is 25.4 Å².